The van der Waals surface area contributed by atoms with Gasteiger partial charge in [-0.25, -0.2) is 21.9 Å². The van der Waals surface area contributed by atoms with E-state index < -0.39 is 29.1 Å². The van der Waals surface area contributed by atoms with Gasteiger partial charge >= 0.3 is 0 Å². The summed E-state index contributed by atoms with van der Waals surface area (Å²) < 4.78 is 49.7. The summed E-state index contributed by atoms with van der Waals surface area (Å²) in [7, 11) is -3.88. The SMILES string of the molecule is O=S(=O)(NCC(O)C(F)F)c1cccc(Br)c1. The Balaban J connectivity index is 2.76. The molecule has 1 rings (SSSR count). The first-order valence-electron chi connectivity index (χ1n) is 4.54. The molecule has 1 aromatic carbocycles. The van der Waals surface area contributed by atoms with E-state index in [-0.39, 0.29) is 4.90 Å². The molecule has 0 fully saturated rings. The van der Waals surface area contributed by atoms with Crippen molar-refractivity contribution in [1.82, 2.24) is 4.72 Å². The summed E-state index contributed by atoms with van der Waals surface area (Å²) in [4.78, 5) is -0.0617. The molecule has 1 atom stereocenters. The maximum atomic E-state index is 12.0. The Morgan fingerprint density at radius 3 is 2.59 bits per heavy atom. The van der Waals surface area contributed by atoms with Crippen molar-refractivity contribution in [3.63, 3.8) is 0 Å². The quantitative estimate of drug-likeness (QED) is 0.857. The summed E-state index contributed by atoms with van der Waals surface area (Å²) in [5.74, 6) is 0. The van der Waals surface area contributed by atoms with Gasteiger partial charge in [0.25, 0.3) is 6.43 Å². The first-order valence-corrected chi connectivity index (χ1v) is 6.82. The van der Waals surface area contributed by atoms with Crippen LogP contribution in [0.2, 0.25) is 0 Å². The van der Waals surface area contributed by atoms with Gasteiger partial charge in [-0.05, 0) is 18.2 Å². The van der Waals surface area contributed by atoms with Crippen LogP contribution in [-0.4, -0.2) is 32.6 Å². The lowest BCUT2D eigenvalue weighted by molar-refractivity contribution is -0.000451. The zero-order chi connectivity index (χ0) is 13.1. The molecular weight excluding hydrogens is 320 g/mol. The molecule has 96 valence electrons. The topological polar surface area (TPSA) is 66.4 Å². The van der Waals surface area contributed by atoms with Crippen LogP contribution in [0, 0.1) is 0 Å². The summed E-state index contributed by atoms with van der Waals surface area (Å²) >= 11 is 3.10. The Labute approximate surface area is 106 Å². The van der Waals surface area contributed by atoms with E-state index in [0.29, 0.717) is 4.47 Å². The van der Waals surface area contributed by atoms with E-state index in [1.807, 2.05) is 4.72 Å². The molecule has 0 aliphatic carbocycles. The lowest BCUT2D eigenvalue weighted by Gasteiger charge is -2.11. The molecule has 17 heavy (non-hydrogen) atoms. The zero-order valence-electron chi connectivity index (χ0n) is 8.48. The summed E-state index contributed by atoms with van der Waals surface area (Å²) in [5, 5.41) is 8.81. The second-order valence-corrected chi connectivity index (χ2v) is 5.89. The number of alkyl halides is 2. The minimum absolute atomic E-state index is 0.0617. The van der Waals surface area contributed by atoms with E-state index in [1.165, 1.54) is 18.2 Å². The Morgan fingerprint density at radius 1 is 1.41 bits per heavy atom. The van der Waals surface area contributed by atoms with Crippen molar-refractivity contribution in [2.45, 2.75) is 17.4 Å². The van der Waals surface area contributed by atoms with Gasteiger partial charge in [0.05, 0.1) is 4.90 Å². The second-order valence-electron chi connectivity index (χ2n) is 3.21. The highest BCUT2D eigenvalue weighted by Gasteiger charge is 2.21. The number of aliphatic hydroxyl groups excluding tert-OH is 1. The fourth-order valence-electron chi connectivity index (χ4n) is 1.00. The molecule has 4 nitrogen and oxygen atoms in total. The van der Waals surface area contributed by atoms with Gasteiger partial charge in [-0.15, -0.1) is 0 Å². The van der Waals surface area contributed by atoms with Crippen molar-refractivity contribution in [2.75, 3.05) is 6.54 Å². The third-order valence-corrected chi connectivity index (χ3v) is 3.79. The highest BCUT2D eigenvalue weighted by molar-refractivity contribution is 9.10. The third-order valence-electron chi connectivity index (χ3n) is 1.88. The van der Waals surface area contributed by atoms with E-state index in [1.54, 1.807) is 6.07 Å². The number of aliphatic hydroxyl groups is 1. The molecule has 0 spiro atoms. The largest absolute Gasteiger partial charge is 0.386 e. The molecule has 0 aliphatic heterocycles. The predicted octanol–water partition coefficient (Wildman–Crippen LogP) is 1.35. The van der Waals surface area contributed by atoms with Crippen molar-refractivity contribution < 1.29 is 22.3 Å². The van der Waals surface area contributed by atoms with Gasteiger partial charge in [0, 0.05) is 11.0 Å². The smallest absolute Gasteiger partial charge is 0.265 e. The van der Waals surface area contributed by atoms with E-state index in [4.69, 9.17) is 5.11 Å². The second kappa shape index (κ2) is 5.85. The Morgan fingerprint density at radius 2 is 2.06 bits per heavy atom. The molecule has 0 aliphatic rings. The number of sulfonamides is 1. The van der Waals surface area contributed by atoms with Crippen molar-refractivity contribution in [2.24, 2.45) is 0 Å². The lowest BCUT2D eigenvalue weighted by Crippen LogP contribution is -2.35. The van der Waals surface area contributed by atoms with Crippen LogP contribution in [0.5, 0.6) is 0 Å². The van der Waals surface area contributed by atoms with E-state index in [2.05, 4.69) is 15.9 Å². The molecule has 1 aromatic rings. The van der Waals surface area contributed by atoms with Gasteiger partial charge in [0.1, 0.15) is 6.10 Å². The van der Waals surface area contributed by atoms with Crippen LogP contribution < -0.4 is 4.72 Å². The molecule has 0 saturated heterocycles. The first-order chi connectivity index (χ1) is 7.83. The third kappa shape index (κ3) is 4.30. The fraction of sp³-hybridized carbons (Fsp3) is 0.333. The number of hydrogen-bond donors (Lipinski definition) is 2. The van der Waals surface area contributed by atoms with Crippen LogP contribution in [0.25, 0.3) is 0 Å². The maximum absolute atomic E-state index is 12.0. The standard InChI is InChI=1S/C9H10BrF2NO3S/c10-6-2-1-3-7(4-6)17(15,16)13-5-8(14)9(11)12/h1-4,8-9,13-14H,5H2. The Kier molecular flexibility index (Phi) is 4.99. The van der Waals surface area contributed by atoms with Crippen LogP contribution >= 0.6 is 15.9 Å². The number of hydrogen-bond acceptors (Lipinski definition) is 3. The maximum Gasteiger partial charge on any atom is 0.265 e. The molecule has 0 bridgehead atoms. The number of benzene rings is 1. The van der Waals surface area contributed by atoms with E-state index in [9.17, 15) is 17.2 Å². The van der Waals surface area contributed by atoms with Crippen molar-refractivity contribution in [1.29, 1.82) is 0 Å². The van der Waals surface area contributed by atoms with Gasteiger partial charge in [0.2, 0.25) is 10.0 Å². The van der Waals surface area contributed by atoms with Crippen LogP contribution in [0.1, 0.15) is 0 Å². The molecule has 8 heteroatoms. The highest BCUT2D eigenvalue weighted by atomic mass is 79.9. The fourth-order valence-corrected chi connectivity index (χ4v) is 2.65. The molecule has 2 N–H and O–H groups in total. The molecule has 0 radical (unpaired) electrons. The number of nitrogens with one attached hydrogen (secondary N) is 1. The van der Waals surface area contributed by atoms with Crippen molar-refractivity contribution in [3.8, 4) is 0 Å². The van der Waals surface area contributed by atoms with Crippen LogP contribution in [-0.2, 0) is 10.0 Å². The monoisotopic (exact) mass is 329 g/mol. The Hall–Kier alpha value is -0.570. The first kappa shape index (κ1) is 14.5. The molecule has 0 amide bonds. The average Bonchev–Trinajstić information content (AvgIpc) is 2.26. The van der Waals surface area contributed by atoms with Gasteiger partial charge in [0.15, 0.2) is 0 Å². The molecule has 0 aromatic heterocycles. The van der Waals surface area contributed by atoms with E-state index >= 15 is 0 Å². The van der Waals surface area contributed by atoms with Crippen LogP contribution in [0.4, 0.5) is 8.78 Å². The molecule has 1 unspecified atom stereocenters. The number of rotatable bonds is 5. The molecular formula is C9H10BrF2NO3S. The van der Waals surface area contributed by atoms with Gasteiger partial charge < -0.3 is 5.11 Å². The molecule has 0 saturated carbocycles. The minimum Gasteiger partial charge on any atom is -0.386 e. The van der Waals surface area contributed by atoms with Crippen molar-refractivity contribution >= 4 is 26.0 Å². The summed E-state index contributed by atoms with van der Waals surface area (Å²) in [6, 6.07) is 5.79. The van der Waals surface area contributed by atoms with E-state index in [0.717, 1.165) is 0 Å². The number of halogens is 3. The normalized spacial score (nSPS) is 13.9. The minimum atomic E-state index is -3.88. The van der Waals surface area contributed by atoms with Crippen LogP contribution in [0.3, 0.4) is 0 Å². The Bertz CT molecular complexity index is 481. The summed E-state index contributed by atoms with van der Waals surface area (Å²) in [6.45, 7) is -0.730. The van der Waals surface area contributed by atoms with Crippen molar-refractivity contribution in [3.05, 3.63) is 28.7 Å². The highest BCUT2D eigenvalue weighted by Crippen LogP contribution is 2.15. The van der Waals surface area contributed by atoms with Gasteiger partial charge in [-0.2, -0.15) is 0 Å². The van der Waals surface area contributed by atoms with Gasteiger partial charge in [-0.1, -0.05) is 22.0 Å². The summed E-state index contributed by atoms with van der Waals surface area (Å²) in [5.41, 5.74) is 0. The van der Waals surface area contributed by atoms with Gasteiger partial charge in [-0.3, -0.25) is 0 Å². The average molecular weight is 330 g/mol. The molecule has 0 heterocycles. The van der Waals surface area contributed by atoms with Crippen LogP contribution in [0.15, 0.2) is 33.6 Å². The lowest BCUT2D eigenvalue weighted by atomic mass is 10.4. The summed E-state index contributed by atoms with van der Waals surface area (Å²) in [6.07, 6.45) is -5.00. The predicted molar refractivity (Wildman–Crippen MR) is 61.3 cm³/mol. The zero-order valence-corrected chi connectivity index (χ0v) is 10.9.